The zero-order valence-corrected chi connectivity index (χ0v) is 14.0. The molecule has 0 aliphatic rings. The van der Waals surface area contributed by atoms with Crippen LogP contribution in [0.1, 0.15) is 19.4 Å². The third-order valence-corrected chi connectivity index (χ3v) is 3.34. The molecule has 0 unspecified atom stereocenters. The first-order valence-electron chi connectivity index (χ1n) is 5.69. The Labute approximate surface area is 133 Å². The van der Waals surface area contributed by atoms with Crippen LogP contribution in [0.25, 0.3) is 6.08 Å². The van der Waals surface area contributed by atoms with Crippen LogP contribution >= 0.6 is 31.9 Å². The van der Waals surface area contributed by atoms with E-state index in [1.807, 2.05) is 6.92 Å². The van der Waals surface area contributed by atoms with Crippen LogP contribution in [0.3, 0.4) is 0 Å². The standard InChI is InChI=1S/C13H13Br2NO4/c1-3-20-12-9(14)4-8(5-10(12)15)6-11(13(18)19)16-7(2)17/h4-6H,3H2,1-2H3,(H,16,17)(H,18,19)/b11-6+. The molecule has 1 rings (SSSR count). The van der Waals surface area contributed by atoms with Crippen molar-refractivity contribution in [3.63, 3.8) is 0 Å². The van der Waals surface area contributed by atoms with Crippen molar-refractivity contribution in [3.05, 3.63) is 32.3 Å². The van der Waals surface area contributed by atoms with Crippen molar-refractivity contribution in [1.29, 1.82) is 0 Å². The predicted octanol–water partition coefficient (Wildman–Crippen LogP) is 3.17. The number of ether oxygens (including phenoxy) is 1. The number of carbonyl (C=O) groups is 2. The highest BCUT2D eigenvalue weighted by atomic mass is 79.9. The molecule has 0 saturated carbocycles. The van der Waals surface area contributed by atoms with E-state index >= 15 is 0 Å². The smallest absolute Gasteiger partial charge is 0.352 e. The van der Waals surface area contributed by atoms with Gasteiger partial charge in [0.25, 0.3) is 0 Å². The van der Waals surface area contributed by atoms with Gasteiger partial charge in [0.1, 0.15) is 11.4 Å². The van der Waals surface area contributed by atoms with E-state index in [4.69, 9.17) is 9.84 Å². The maximum atomic E-state index is 11.0. The normalized spacial score (nSPS) is 11.1. The summed E-state index contributed by atoms with van der Waals surface area (Å²) in [5, 5.41) is 11.3. The minimum atomic E-state index is -1.21. The highest BCUT2D eigenvalue weighted by Gasteiger charge is 2.12. The molecule has 0 heterocycles. The van der Waals surface area contributed by atoms with Gasteiger partial charge in [-0.25, -0.2) is 4.79 Å². The molecule has 1 aromatic rings. The molecule has 0 aliphatic heterocycles. The van der Waals surface area contributed by atoms with E-state index in [9.17, 15) is 9.59 Å². The minimum Gasteiger partial charge on any atom is -0.492 e. The number of benzene rings is 1. The van der Waals surface area contributed by atoms with Gasteiger partial charge in [0.05, 0.1) is 15.6 Å². The summed E-state index contributed by atoms with van der Waals surface area (Å²) in [5.41, 5.74) is 0.416. The molecule has 1 aromatic carbocycles. The van der Waals surface area contributed by atoms with Crippen molar-refractivity contribution in [2.24, 2.45) is 0 Å². The lowest BCUT2D eigenvalue weighted by Gasteiger charge is -2.10. The lowest BCUT2D eigenvalue weighted by molar-refractivity contribution is -0.134. The molecule has 108 valence electrons. The Kier molecular flexibility index (Phi) is 6.22. The van der Waals surface area contributed by atoms with Crippen LogP contribution in [0.5, 0.6) is 5.75 Å². The number of amides is 1. The first-order chi connectivity index (χ1) is 9.35. The quantitative estimate of drug-likeness (QED) is 0.736. The van der Waals surface area contributed by atoms with E-state index in [0.29, 0.717) is 26.9 Å². The van der Waals surface area contributed by atoms with E-state index in [1.54, 1.807) is 12.1 Å². The molecular formula is C13H13Br2NO4. The van der Waals surface area contributed by atoms with E-state index in [-0.39, 0.29) is 5.70 Å². The van der Waals surface area contributed by atoms with Crippen LogP contribution in [0.15, 0.2) is 26.8 Å². The number of carboxylic acids is 1. The lowest BCUT2D eigenvalue weighted by Crippen LogP contribution is -2.24. The molecule has 0 spiro atoms. The third kappa shape index (κ3) is 4.64. The van der Waals surface area contributed by atoms with Gasteiger partial charge in [0.15, 0.2) is 0 Å². The fourth-order valence-corrected chi connectivity index (χ4v) is 2.90. The number of halogens is 2. The van der Waals surface area contributed by atoms with Crippen molar-refractivity contribution in [1.82, 2.24) is 5.32 Å². The van der Waals surface area contributed by atoms with Gasteiger partial charge in [-0.2, -0.15) is 0 Å². The Bertz CT molecular complexity index is 546. The molecule has 0 aromatic heterocycles. The van der Waals surface area contributed by atoms with Crippen LogP contribution in [-0.4, -0.2) is 23.6 Å². The van der Waals surface area contributed by atoms with E-state index in [1.165, 1.54) is 13.0 Å². The zero-order valence-electron chi connectivity index (χ0n) is 10.9. The molecular weight excluding hydrogens is 394 g/mol. The molecule has 0 bridgehead atoms. The molecule has 1 amide bonds. The molecule has 7 heteroatoms. The van der Waals surface area contributed by atoms with Gasteiger partial charge < -0.3 is 15.2 Å². The van der Waals surface area contributed by atoms with E-state index in [2.05, 4.69) is 37.2 Å². The molecule has 0 fully saturated rings. The van der Waals surface area contributed by atoms with Crippen molar-refractivity contribution in [2.75, 3.05) is 6.61 Å². The molecule has 0 saturated heterocycles. The number of carbonyl (C=O) groups excluding carboxylic acids is 1. The van der Waals surface area contributed by atoms with E-state index < -0.39 is 11.9 Å². The van der Waals surface area contributed by atoms with Gasteiger partial charge in [0.2, 0.25) is 5.91 Å². The number of hydrogen-bond acceptors (Lipinski definition) is 3. The zero-order chi connectivity index (χ0) is 15.3. The Hall–Kier alpha value is -1.34. The Morgan fingerprint density at radius 1 is 1.35 bits per heavy atom. The van der Waals surface area contributed by atoms with Crippen LogP contribution in [0.2, 0.25) is 0 Å². The molecule has 2 N–H and O–H groups in total. The van der Waals surface area contributed by atoms with E-state index in [0.717, 1.165) is 0 Å². The Balaban J connectivity index is 3.19. The number of aliphatic carboxylic acids is 1. The van der Waals surface area contributed by atoms with Crippen molar-refractivity contribution in [3.8, 4) is 5.75 Å². The maximum absolute atomic E-state index is 11.0. The third-order valence-electron chi connectivity index (χ3n) is 2.16. The average molecular weight is 407 g/mol. The van der Waals surface area contributed by atoms with Crippen molar-refractivity contribution in [2.45, 2.75) is 13.8 Å². The van der Waals surface area contributed by atoms with Gasteiger partial charge in [-0.15, -0.1) is 0 Å². The number of carboxylic acid groups (broad SMARTS) is 1. The minimum absolute atomic E-state index is 0.194. The van der Waals surface area contributed by atoms with Gasteiger partial charge in [0, 0.05) is 6.92 Å². The predicted molar refractivity (Wildman–Crippen MR) is 82.4 cm³/mol. The Morgan fingerprint density at radius 2 is 1.90 bits per heavy atom. The van der Waals surface area contributed by atoms with Crippen molar-refractivity contribution < 1.29 is 19.4 Å². The van der Waals surface area contributed by atoms with Gasteiger partial charge in [-0.1, -0.05) is 0 Å². The second kappa shape index (κ2) is 7.44. The SMILES string of the molecule is CCOc1c(Br)cc(/C=C(/NC(C)=O)C(=O)O)cc1Br. The number of rotatable bonds is 5. The molecule has 20 heavy (non-hydrogen) atoms. The molecule has 0 radical (unpaired) electrons. The number of nitrogens with one attached hydrogen (secondary N) is 1. The van der Waals surface area contributed by atoms with Crippen LogP contribution in [0.4, 0.5) is 0 Å². The summed E-state index contributed by atoms with van der Waals surface area (Å²) >= 11 is 6.72. The summed E-state index contributed by atoms with van der Waals surface area (Å²) in [5.74, 6) is -1.01. The van der Waals surface area contributed by atoms with Gasteiger partial charge >= 0.3 is 5.97 Å². The number of hydrogen-bond donors (Lipinski definition) is 2. The fraction of sp³-hybridized carbons (Fsp3) is 0.231. The van der Waals surface area contributed by atoms with Crippen molar-refractivity contribution >= 4 is 49.8 Å². The van der Waals surface area contributed by atoms with Crippen LogP contribution < -0.4 is 10.1 Å². The summed E-state index contributed by atoms with van der Waals surface area (Å²) in [4.78, 5) is 22.0. The second-order valence-electron chi connectivity index (χ2n) is 3.79. The fourth-order valence-electron chi connectivity index (χ4n) is 1.45. The summed E-state index contributed by atoms with van der Waals surface area (Å²) in [7, 11) is 0. The van der Waals surface area contributed by atoms with Crippen LogP contribution in [-0.2, 0) is 9.59 Å². The largest absolute Gasteiger partial charge is 0.492 e. The lowest BCUT2D eigenvalue weighted by atomic mass is 10.2. The van der Waals surface area contributed by atoms with Gasteiger partial charge in [-0.05, 0) is 62.6 Å². The summed E-state index contributed by atoms with van der Waals surface area (Å²) in [6.07, 6.45) is 1.37. The Morgan fingerprint density at radius 3 is 2.30 bits per heavy atom. The summed E-state index contributed by atoms with van der Waals surface area (Å²) in [6.45, 7) is 3.63. The average Bonchev–Trinajstić information content (AvgIpc) is 2.32. The molecule has 5 nitrogen and oxygen atoms in total. The highest BCUT2D eigenvalue weighted by Crippen LogP contribution is 2.35. The monoisotopic (exact) mass is 405 g/mol. The van der Waals surface area contributed by atoms with Crippen LogP contribution in [0, 0.1) is 0 Å². The van der Waals surface area contributed by atoms with Gasteiger partial charge in [-0.3, -0.25) is 4.79 Å². The topological polar surface area (TPSA) is 75.6 Å². The molecule has 0 aliphatic carbocycles. The second-order valence-corrected chi connectivity index (χ2v) is 5.50. The summed E-state index contributed by atoms with van der Waals surface area (Å²) < 4.78 is 6.81. The summed E-state index contributed by atoms with van der Waals surface area (Å²) in [6, 6.07) is 3.42. The highest BCUT2D eigenvalue weighted by molar-refractivity contribution is 9.11. The molecule has 0 atom stereocenters. The maximum Gasteiger partial charge on any atom is 0.352 e. The first kappa shape index (κ1) is 16.7. The first-order valence-corrected chi connectivity index (χ1v) is 7.28.